The van der Waals surface area contributed by atoms with Crippen molar-refractivity contribution in [3.8, 4) is 5.75 Å². The third-order valence-corrected chi connectivity index (χ3v) is 1.51. The Bertz CT molecular complexity index is 292. The molecule has 1 aromatic rings. The minimum atomic E-state index is 0.375. The molecule has 0 radical (unpaired) electrons. The quantitative estimate of drug-likeness (QED) is 0.516. The molecule has 0 heterocycles. The van der Waals surface area contributed by atoms with Gasteiger partial charge in [-0.05, 0) is 0 Å². The average molecular weight is 176 g/mol. The van der Waals surface area contributed by atoms with Crippen molar-refractivity contribution in [1.29, 1.82) is 0 Å². The second kappa shape index (κ2) is 5.14. The molecule has 0 atom stereocenters. The van der Waals surface area contributed by atoms with Crippen molar-refractivity contribution in [1.82, 2.24) is 0 Å². The van der Waals surface area contributed by atoms with Gasteiger partial charge >= 0.3 is 76.5 Å². The zero-order valence-electron chi connectivity index (χ0n) is 7.27. The summed E-state index contributed by atoms with van der Waals surface area (Å²) >= 11 is 0. The predicted octanol–water partition coefficient (Wildman–Crippen LogP) is 1.65. The van der Waals surface area contributed by atoms with E-state index in [0.717, 1.165) is 11.3 Å². The molecule has 0 saturated heterocycles. The van der Waals surface area contributed by atoms with Crippen LogP contribution in [0.5, 0.6) is 5.75 Å². The fourth-order valence-corrected chi connectivity index (χ4v) is 0.865. The molecule has 66 valence electrons. The molecule has 4 heteroatoms. The van der Waals surface area contributed by atoms with Crippen LogP contribution in [0.3, 0.4) is 0 Å². The van der Waals surface area contributed by atoms with Crippen LogP contribution in [0.4, 0.5) is 0 Å². The summed E-state index contributed by atoms with van der Waals surface area (Å²) in [4.78, 5) is 0. The van der Waals surface area contributed by atoms with Crippen LogP contribution < -0.4 is 4.74 Å². The van der Waals surface area contributed by atoms with Crippen LogP contribution in [-0.2, 0) is 9.36 Å². The van der Waals surface area contributed by atoms with Gasteiger partial charge in [-0.3, -0.25) is 0 Å². The average Bonchev–Trinajstić information content (AvgIpc) is 2.19. The first kappa shape index (κ1) is 9.51. The van der Waals surface area contributed by atoms with Crippen molar-refractivity contribution >= 4 is 13.4 Å². The van der Waals surface area contributed by atoms with Crippen LogP contribution in [0, 0.1) is 0 Å². The van der Waals surface area contributed by atoms with Gasteiger partial charge < -0.3 is 0 Å². The van der Waals surface area contributed by atoms with Gasteiger partial charge in [-0.2, -0.15) is 0 Å². The van der Waals surface area contributed by atoms with Crippen LogP contribution in [0.25, 0.3) is 6.08 Å². The van der Waals surface area contributed by atoms with Gasteiger partial charge in [0.15, 0.2) is 0 Å². The van der Waals surface area contributed by atoms with Gasteiger partial charge in [-0.15, -0.1) is 0 Å². The second-order valence-corrected chi connectivity index (χ2v) is 2.31. The maximum absolute atomic E-state index is 9.80. The standard InChI is InChI=1S/C9H9BO3/c1-12-9-4-2-8(3-5-9)6-7-13-10-11/h2-7H,1H3/b7-6+. The van der Waals surface area contributed by atoms with Crippen molar-refractivity contribution < 1.29 is 14.1 Å². The summed E-state index contributed by atoms with van der Waals surface area (Å²) in [6.07, 6.45) is 3.02. The molecule has 0 fully saturated rings. The molecular formula is C9H9BO3. The zero-order chi connectivity index (χ0) is 9.52. The van der Waals surface area contributed by atoms with Crippen molar-refractivity contribution in [3.63, 3.8) is 0 Å². The Hall–Kier alpha value is -1.58. The van der Waals surface area contributed by atoms with Crippen molar-refractivity contribution in [2.24, 2.45) is 0 Å². The zero-order valence-corrected chi connectivity index (χ0v) is 7.27. The summed E-state index contributed by atoms with van der Waals surface area (Å²) in [5.74, 6) is 0.799. The van der Waals surface area contributed by atoms with Crippen LogP contribution in [-0.4, -0.2) is 14.5 Å². The fourth-order valence-electron chi connectivity index (χ4n) is 0.865. The Balaban J connectivity index is 2.63. The molecule has 0 amide bonds. The summed E-state index contributed by atoms with van der Waals surface area (Å²) in [5.41, 5.74) is 0.947. The normalized spacial score (nSPS) is 9.62. The Morgan fingerprint density at radius 3 is 2.54 bits per heavy atom. The van der Waals surface area contributed by atoms with Crippen molar-refractivity contribution in [3.05, 3.63) is 36.1 Å². The monoisotopic (exact) mass is 176 g/mol. The molecule has 13 heavy (non-hydrogen) atoms. The molecule has 0 spiro atoms. The maximum atomic E-state index is 9.80. The van der Waals surface area contributed by atoms with Gasteiger partial charge in [0.2, 0.25) is 0 Å². The van der Waals surface area contributed by atoms with E-state index >= 15 is 0 Å². The van der Waals surface area contributed by atoms with Crippen molar-refractivity contribution in [2.75, 3.05) is 7.11 Å². The summed E-state index contributed by atoms with van der Waals surface area (Å²) in [6, 6.07) is 7.40. The van der Waals surface area contributed by atoms with Crippen LogP contribution in [0.1, 0.15) is 5.56 Å². The molecule has 1 rings (SSSR count). The molecule has 0 aliphatic heterocycles. The van der Waals surface area contributed by atoms with Gasteiger partial charge in [-0.25, -0.2) is 0 Å². The molecule has 0 aromatic heterocycles. The van der Waals surface area contributed by atoms with Gasteiger partial charge in [0.05, 0.1) is 0 Å². The number of hydrogen-bond donors (Lipinski definition) is 0. The third kappa shape index (κ3) is 3.11. The predicted molar refractivity (Wildman–Crippen MR) is 49.6 cm³/mol. The molecule has 0 unspecified atom stereocenters. The van der Waals surface area contributed by atoms with E-state index in [0.29, 0.717) is 7.35 Å². The Kier molecular flexibility index (Phi) is 3.76. The van der Waals surface area contributed by atoms with Gasteiger partial charge in [0.25, 0.3) is 0 Å². The Labute approximate surface area is 77.3 Å². The summed E-state index contributed by atoms with van der Waals surface area (Å²) < 4.78 is 19.2. The first-order valence-electron chi connectivity index (χ1n) is 3.76. The topological polar surface area (TPSA) is 35.5 Å². The Morgan fingerprint density at radius 2 is 2.00 bits per heavy atom. The third-order valence-electron chi connectivity index (χ3n) is 1.51. The number of ether oxygens (including phenoxy) is 1. The molecule has 1 aromatic carbocycles. The van der Waals surface area contributed by atoms with Crippen LogP contribution >= 0.6 is 0 Å². The molecule has 0 N–H and O–H groups in total. The summed E-state index contributed by atoms with van der Waals surface area (Å²) in [5, 5.41) is 0. The molecule has 0 bridgehead atoms. The number of hydrogen-bond acceptors (Lipinski definition) is 3. The number of rotatable bonds is 4. The van der Waals surface area contributed by atoms with E-state index in [4.69, 9.17) is 4.74 Å². The molecule has 0 saturated carbocycles. The van der Waals surface area contributed by atoms with Gasteiger partial charge in [0, 0.05) is 0 Å². The fraction of sp³-hybridized carbons (Fsp3) is 0.111. The van der Waals surface area contributed by atoms with Crippen LogP contribution in [0.2, 0.25) is 0 Å². The summed E-state index contributed by atoms with van der Waals surface area (Å²) in [6.45, 7) is 0. The number of benzene rings is 1. The van der Waals surface area contributed by atoms with Gasteiger partial charge in [0.1, 0.15) is 0 Å². The van der Waals surface area contributed by atoms with E-state index < -0.39 is 0 Å². The van der Waals surface area contributed by atoms with E-state index in [1.807, 2.05) is 24.3 Å². The van der Waals surface area contributed by atoms with E-state index in [1.54, 1.807) is 13.2 Å². The first-order chi connectivity index (χ1) is 6.36. The Morgan fingerprint density at radius 1 is 1.31 bits per heavy atom. The molecule has 0 aliphatic rings. The van der Waals surface area contributed by atoms with E-state index in [-0.39, 0.29) is 0 Å². The second-order valence-electron chi connectivity index (χ2n) is 2.31. The first-order valence-corrected chi connectivity index (χ1v) is 3.76. The SMILES string of the molecule is COc1ccc(/C=C/OB=O)cc1. The molecule has 0 aliphatic carbocycles. The molecule has 3 nitrogen and oxygen atoms in total. The van der Waals surface area contributed by atoms with E-state index in [9.17, 15) is 4.70 Å². The minimum absolute atomic E-state index is 0.375. The number of methoxy groups -OCH3 is 1. The molecular weight excluding hydrogens is 167 g/mol. The van der Waals surface area contributed by atoms with E-state index in [1.165, 1.54) is 6.26 Å². The van der Waals surface area contributed by atoms with Crippen LogP contribution in [0.15, 0.2) is 30.5 Å². The van der Waals surface area contributed by atoms with Crippen molar-refractivity contribution in [2.45, 2.75) is 0 Å². The van der Waals surface area contributed by atoms with Gasteiger partial charge in [-0.1, -0.05) is 0 Å². The summed E-state index contributed by atoms with van der Waals surface area (Å²) in [7, 11) is 1.99. The van der Waals surface area contributed by atoms with E-state index in [2.05, 4.69) is 4.65 Å².